The molecule has 4 nitrogen and oxygen atoms in total. The van der Waals surface area contributed by atoms with Gasteiger partial charge in [0.1, 0.15) is 5.75 Å². The number of halogens is 5. The fraction of sp³-hybridized carbons (Fsp3) is 0.143. The Balaban J connectivity index is 2.06. The Morgan fingerprint density at radius 2 is 1.17 bits per heavy atom. The Hall–Kier alpha value is -2.71. The van der Waals surface area contributed by atoms with Crippen LogP contribution in [0.2, 0.25) is 0 Å². The summed E-state index contributed by atoms with van der Waals surface area (Å²) >= 11 is 0. The van der Waals surface area contributed by atoms with Gasteiger partial charge in [0.25, 0.3) is 0 Å². The maximum atomic E-state index is 12.7. The quantitative estimate of drug-likeness (QED) is 0.474. The first-order valence-electron chi connectivity index (χ1n) is 6.18. The molecule has 0 bridgehead atoms. The summed E-state index contributed by atoms with van der Waals surface area (Å²) in [7, 11) is 0. The summed E-state index contributed by atoms with van der Waals surface area (Å²) in [6, 6.07) is 10.7. The molecule has 0 heterocycles. The summed E-state index contributed by atoms with van der Waals surface area (Å²) in [5, 5.41) is 7.67. The summed E-state index contributed by atoms with van der Waals surface area (Å²) < 4.78 is 65.1. The number of nitrogens with zero attached hydrogens (tertiary/aromatic N) is 2. The third kappa shape index (κ3) is 4.38. The monoisotopic (exact) mass is 331 g/mol. The van der Waals surface area contributed by atoms with Crippen LogP contribution >= 0.6 is 0 Å². The van der Waals surface area contributed by atoms with Crippen LogP contribution in [-0.2, 0) is 0 Å². The van der Waals surface area contributed by atoms with Gasteiger partial charge in [0.05, 0.1) is 11.4 Å². The first kappa shape index (κ1) is 16.7. The van der Waals surface area contributed by atoms with Crippen LogP contribution in [0.1, 0.15) is 0 Å². The van der Waals surface area contributed by atoms with Crippen LogP contribution < -0.4 is 10.5 Å². The fourth-order valence-electron chi connectivity index (χ4n) is 1.44. The number of alkyl halides is 5. The SMILES string of the molecule is Nc1ccc(N=Nc2ccc(OC(F)(F)C(F)(F)F)cc2)cc1. The fourth-order valence-corrected chi connectivity index (χ4v) is 1.44. The van der Waals surface area contributed by atoms with Gasteiger partial charge >= 0.3 is 12.3 Å². The lowest BCUT2D eigenvalue weighted by Gasteiger charge is -2.19. The molecule has 0 aliphatic heterocycles. The molecular formula is C14H10F5N3O. The normalized spacial score (nSPS) is 12.6. The number of nitrogens with two attached hydrogens (primary N) is 1. The van der Waals surface area contributed by atoms with Gasteiger partial charge in [-0.1, -0.05) is 0 Å². The van der Waals surface area contributed by atoms with E-state index in [0.717, 1.165) is 12.1 Å². The second kappa shape index (κ2) is 6.19. The lowest BCUT2D eigenvalue weighted by molar-refractivity contribution is -0.360. The van der Waals surface area contributed by atoms with Crippen molar-refractivity contribution in [3.05, 3.63) is 48.5 Å². The Labute approximate surface area is 127 Å². The number of hydrogen-bond donors (Lipinski definition) is 1. The Kier molecular flexibility index (Phi) is 4.48. The van der Waals surface area contributed by atoms with Crippen molar-refractivity contribution in [2.45, 2.75) is 12.3 Å². The largest absolute Gasteiger partial charge is 0.499 e. The van der Waals surface area contributed by atoms with E-state index in [4.69, 9.17) is 5.73 Å². The average molecular weight is 331 g/mol. The number of rotatable bonds is 4. The molecule has 0 amide bonds. The van der Waals surface area contributed by atoms with Crippen molar-refractivity contribution >= 4 is 17.1 Å². The molecule has 2 aromatic carbocycles. The van der Waals surface area contributed by atoms with E-state index < -0.39 is 18.0 Å². The van der Waals surface area contributed by atoms with E-state index in [1.165, 1.54) is 12.1 Å². The molecule has 0 aliphatic rings. The maximum absolute atomic E-state index is 12.7. The van der Waals surface area contributed by atoms with Crippen molar-refractivity contribution in [2.75, 3.05) is 5.73 Å². The van der Waals surface area contributed by atoms with Gasteiger partial charge in [-0.25, -0.2) is 0 Å². The van der Waals surface area contributed by atoms with Crippen molar-refractivity contribution in [3.8, 4) is 5.75 Å². The molecule has 2 N–H and O–H groups in total. The van der Waals surface area contributed by atoms with E-state index in [9.17, 15) is 22.0 Å². The molecule has 0 atom stereocenters. The van der Waals surface area contributed by atoms with Crippen LogP contribution in [0.15, 0.2) is 58.8 Å². The van der Waals surface area contributed by atoms with E-state index in [2.05, 4.69) is 15.0 Å². The molecule has 2 aromatic rings. The van der Waals surface area contributed by atoms with Gasteiger partial charge in [-0.2, -0.15) is 32.2 Å². The second-order valence-corrected chi connectivity index (χ2v) is 4.40. The van der Waals surface area contributed by atoms with Crippen LogP contribution in [0.5, 0.6) is 5.75 Å². The highest BCUT2D eigenvalue weighted by atomic mass is 19.4. The number of anilines is 1. The van der Waals surface area contributed by atoms with Crippen molar-refractivity contribution in [2.24, 2.45) is 10.2 Å². The standard InChI is InChI=1S/C14H10F5N3O/c15-13(16,17)14(18,19)23-12-7-5-11(6-8-12)22-21-10-3-1-9(20)2-4-10/h1-8H,20H2. The molecule has 0 aromatic heterocycles. The molecule has 0 aliphatic carbocycles. The minimum Gasteiger partial charge on any atom is -0.426 e. The maximum Gasteiger partial charge on any atom is 0.499 e. The lowest BCUT2D eigenvalue weighted by Crippen LogP contribution is -2.41. The highest BCUT2D eigenvalue weighted by Crippen LogP contribution is 2.37. The number of benzene rings is 2. The highest BCUT2D eigenvalue weighted by Gasteiger charge is 2.61. The third-order valence-electron chi connectivity index (χ3n) is 2.59. The van der Waals surface area contributed by atoms with Crippen molar-refractivity contribution in [3.63, 3.8) is 0 Å². The number of nitrogen functional groups attached to an aromatic ring is 1. The van der Waals surface area contributed by atoms with Crippen LogP contribution in [0, 0.1) is 0 Å². The molecule has 0 saturated heterocycles. The molecule has 0 radical (unpaired) electrons. The molecule has 122 valence electrons. The minimum absolute atomic E-state index is 0.254. The zero-order valence-corrected chi connectivity index (χ0v) is 11.4. The zero-order chi connectivity index (χ0) is 17.1. The smallest absolute Gasteiger partial charge is 0.426 e. The molecule has 23 heavy (non-hydrogen) atoms. The van der Waals surface area contributed by atoms with E-state index in [1.807, 2.05) is 0 Å². The predicted molar refractivity (Wildman–Crippen MR) is 73.1 cm³/mol. The molecule has 2 rings (SSSR count). The van der Waals surface area contributed by atoms with Gasteiger partial charge in [0.2, 0.25) is 0 Å². The van der Waals surface area contributed by atoms with Crippen LogP contribution in [0.25, 0.3) is 0 Å². The summed E-state index contributed by atoms with van der Waals surface area (Å²) in [6.45, 7) is 0. The minimum atomic E-state index is -5.79. The van der Waals surface area contributed by atoms with Gasteiger partial charge in [-0.05, 0) is 48.5 Å². The van der Waals surface area contributed by atoms with Crippen LogP contribution in [0.4, 0.5) is 39.0 Å². The van der Waals surface area contributed by atoms with Crippen LogP contribution in [-0.4, -0.2) is 12.3 Å². The summed E-state index contributed by atoms with van der Waals surface area (Å²) in [6.07, 6.45) is -11.1. The summed E-state index contributed by atoms with van der Waals surface area (Å²) in [5.41, 5.74) is 6.81. The predicted octanol–water partition coefficient (Wildman–Crippen LogP) is 5.22. The van der Waals surface area contributed by atoms with Crippen molar-refractivity contribution in [1.82, 2.24) is 0 Å². The Morgan fingerprint density at radius 3 is 1.61 bits per heavy atom. The molecule has 0 spiro atoms. The van der Waals surface area contributed by atoms with E-state index >= 15 is 0 Å². The molecular weight excluding hydrogens is 321 g/mol. The van der Waals surface area contributed by atoms with Gasteiger partial charge in [-0.3, -0.25) is 0 Å². The Morgan fingerprint density at radius 1 is 0.739 bits per heavy atom. The summed E-state index contributed by atoms with van der Waals surface area (Å²) in [5.74, 6) is -0.640. The van der Waals surface area contributed by atoms with Gasteiger partial charge < -0.3 is 10.5 Å². The third-order valence-corrected chi connectivity index (χ3v) is 2.59. The average Bonchev–Trinajstić information content (AvgIpc) is 2.47. The molecule has 0 unspecified atom stereocenters. The zero-order valence-electron chi connectivity index (χ0n) is 11.4. The number of ether oxygens (including phenoxy) is 1. The Bertz CT molecular complexity index is 681. The lowest BCUT2D eigenvalue weighted by atomic mass is 10.3. The number of azo groups is 1. The first-order valence-corrected chi connectivity index (χ1v) is 6.18. The van der Waals surface area contributed by atoms with E-state index in [-0.39, 0.29) is 5.69 Å². The second-order valence-electron chi connectivity index (χ2n) is 4.40. The van der Waals surface area contributed by atoms with Crippen molar-refractivity contribution in [1.29, 1.82) is 0 Å². The number of hydrogen-bond acceptors (Lipinski definition) is 4. The highest BCUT2D eigenvalue weighted by molar-refractivity contribution is 5.48. The molecule has 9 heteroatoms. The van der Waals surface area contributed by atoms with Gasteiger partial charge in [-0.15, -0.1) is 0 Å². The van der Waals surface area contributed by atoms with Gasteiger partial charge in [0, 0.05) is 5.69 Å². The molecule has 0 saturated carbocycles. The van der Waals surface area contributed by atoms with Crippen LogP contribution in [0.3, 0.4) is 0 Å². The van der Waals surface area contributed by atoms with E-state index in [1.54, 1.807) is 24.3 Å². The topological polar surface area (TPSA) is 60.0 Å². The summed E-state index contributed by atoms with van der Waals surface area (Å²) in [4.78, 5) is 0. The first-order chi connectivity index (χ1) is 10.7. The van der Waals surface area contributed by atoms with Gasteiger partial charge in [0.15, 0.2) is 0 Å². The molecule has 0 fully saturated rings. The van der Waals surface area contributed by atoms with E-state index in [0.29, 0.717) is 11.4 Å². The van der Waals surface area contributed by atoms with Crippen molar-refractivity contribution < 1.29 is 26.7 Å².